The number of anilines is 2. The third kappa shape index (κ3) is 3.11. The van der Waals surface area contributed by atoms with Crippen LogP contribution in [0.2, 0.25) is 0 Å². The van der Waals surface area contributed by atoms with Gasteiger partial charge in [-0.05, 0) is 22.0 Å². The van der Waals surface area contributed by atoms with E-state index in [9.17, 15) is 4.79 Å². The van der Waals surface area contributed by atoms with Crippen molar-refractivity contribution in [3.63, 3.8) is 0 Å². The molecule has 0 saturated carbocycles. The van der Waals surface area contributed by atoms with Crippen LogP contribution < -0.4 is 10.2 Å². The van der Waals surface area contributed by atoms with E-state index in [1.54, 1.807) is 36.3 Å². The van der Waals surface area contributed by atoms with Gasteiger partial charge in [0.1, 0.15) is 5.82 Å². The first-order valence-electron chi connectivity index (χ1n) is 5.61. The van der Waals surface area contributed by atoms with Crippen molar-refractivity contribution in [1.82, 2.24) is 14.8 Å². The van der Waals surface area contributed by atoms with Crippen molar-refractivity contribution in [3.05, 3.63) is 34.7 Å². The number of nitrogens with zero attached hydrogens (tertiary/aromatic N) is 4. The molecule has 100 valence electrons. The van der Waals surface area contributed by atoms with E-state index in [0.717, 1.165) is 5.82 Å². The van der Waals surface area contributed by atoms with E-state index in [1.807, 2.05) is 19.0 Å². The van der Waals surface area contributed by atoms with Gasteiger partial charge in [-0.2, -0.15) is 5.10 Å². The fraction of sp³-hybridized carbons (Fsp3) is 0.250. The third-order valence-corrected chi connectivity index (χ3v) is 3.04. The lowest BCUT2D eigenvalue weighted by Gasteiger charge is -2.12. The molecule has 1 N–H and O–H groups in total. The molecule has 2 aromatic heterocycles. The molecule has 0 fully saturated rings. The Hall–Kier alpha value is -1.89. The molecule has 2 heterocycles. The minimum Gasteiger partial charge on any atom is -0.363 e. The molecule has 0 aromatic carbocycles. The molecule has 2 aromatic rings. The number of rotatable bonds is 3. The highest BCUT2D eigenvalue weighted by Crippen LogP contribution is 2.18. The number of carbonyl (C=O) groups is 1. The zero-order chi connectivity index (χ0) is 14.0. The lowest BCUT2D eigenvalue weighted by atomic mass is 10.3. The number of halogens is 1. The van der Waals surface area contributed by atoms with Gasteiger partial charge in [-0.3, -0.25) is 9.48 Å². The average molecular weight is 324 g/mol. The number of pyridine rings is 1. The van der Waals surface area contributed by atoms with Crippen LogP contribution in [-0.4, -0.2) is 34.8 Å². The van der Waals surface area contributed by atoms with E-state index in [0.29, 0.717) is 15.9 Å². The van der Waals surface area contributed by atoms with Gasteiger partial charge in [0.15, 0.2) is 5.69 Å². The summed E-state index contributed by atoms with van der Waals surface area (Å²) >= 11 is 3.30. The predicted molar refractivity (Wildman–Crippen MR) is 77.4 cm³/mol. The van der Waals surface area contributed by atoms with Crippen molar-refractivity contribution >= 4 is 33.3 Å². The summed E-state index contributed by atoms with van der Waals surface area (Å²) in [5.41, 5.74) is 1.03. The number of nitrogens with one attached hydrogen (secondary N) is 1. The summed E-state index contributed by atoms with van der Waals surface area (Å²) < 4.78 is 2.24. The van der Waals surface area contributed by atoms with Gasteiger partial charge < -0.3 is 10.2 Å². The maximum Gasteiger partial charge on any atom is 0.277 e. The summed E-state index contributed by atoms with van der Waals surface area (Å²) in [4.78, 5) is 18.1. The fourth-order valence-corrected chi connectivity index (χ4v) is 2.10. The first-order chi connectivity index (χ1) is 8.97. The molecular weight excluding hydrogens is 310 g/mol. The number of aryl methyl sites for hydroxylation is 1. The van der Waals surface area contributed by atoms with Crippen molar-refractivity contribution in [3.8, 4) is 0 Å². The summed E-state index contributed by atoms with van der Waals surface area (Å²) in [5, 5.41) is 6.89. The van der Waals surface area contributed by atoms with Gasteiger partial charge in [-0.1, -0.05) is 0 Å². The second-order valence-electron chi connectivity index (χ2n) is 4.25. The SMILES string of the molecule is CN(C)c1cc(NC(=O)c2nn(C)cc2Br)ccn1. The van der Waals surface area contributed by atoms with Crippen LogP contribution in [0, 0.1) is 0 Å². The number of hydrogen-bond donors (Lipinski definition) is 1. The Morgan fingerprint density at radius 3 is 2.79 bits per heavy atom. The molecule has 0 saturated heterocycles. The lowest BCUT2D eigenvalue weighted by Crippen LogP contribution is -2.15. The van der Waals surface area contributed by atoms with E-state index in [4.69, 9.17) is 0 Å². The Morgan fingerprint density at radius 2 is 2.21 bits per heavy atom. The molecule has 0 radical (unpaired) electrons. The minimum atomic E-state index is -0.261. The van der Waals surface area contributed by atoms with Crippen molar-refractivity contribution in [2.75, 3.05) is 24.3 Å². The highest BCUT2D eigenvalue weighted by atomic mass is 79.9. The smallest absolute Gasteiger partial charge is 0.277 e. The van der Waals surface area contributed by atoms with Gasteiger partial charge in [0.25, 0.3) is 5.91 Å². The summed E-state index contributed by atoms with van der Waals surface area (Å²) in [7, 11) is 5.55. The van der Waals surface area contributed by atoms with E-state index < -0.39 is 0 Å². The van der Waals surface area contributed by atoms with Gasteiger partial charge in [0, 0.05) is 45.3 Å². The zero-order valence-corrected chi connectivity index (χ0v) is 12.5. The molecule has 0 aliphatic carbocycles. The van der Waals surface area contributed by atoms with Crippen LogP contribution in [0.25, 0.3) is 0 Å². The molecule has 0 atom stereocenters. The molecule has 0 aliphatic heterocycles. The Morgan fingerprint density at radius 1 is 1.47 bits per heavy atom. The topological polar surface area (TPSA) is 63.1 Å². The van der Waals surface area contributed by atoms with E-state index in [2.05, 4.69) is 31.3 Å². The van der Waals surface area contributed by atoms with Gasteiger partial charge in [-0.15, -0.1) is 0 Å². The summed E-state index contributed by atoms with van der Waals surface area (Å²) in [6, 6.07) is 3.54. The van der Waals surface area contributed by atoms with Crippen LogP contribution in [0.5, 0.6) is 0 Å². The molecule has 7 heteroatoms. The van der Waals surface area contributed by atoms with Crippen molar-refractivity contribution in [2.24, 2.45) is 7.05 Å². The summed E-state index contributed by atoms with van der Waals surface area (Å²) in [6.07, 6.45) is 3.38. The molecule has 2 rings (SSSR count). The molecule has 0 unspecified atom stereocenters. The maximum atomic E-state index is 12.1. The van der Waals surface area contributed by atoms with Gasteiger partial charge in [0.05, 0.1) is 4.47 Å². The van der Waals surface area contributed by atoms with Crippen LogP contribution in [-0.2, 0) is 7.05 Å². The standard InChI is InChI=1S/C12H14BrN5O/c1-17(2)10-6-8(4-5-14-10)15-12(19)11-9(13)7-18(3)16-11/h4-7H,1-3H3,(H,14,15,19). The summed E-state index contributed by atoms with van der Waals surface area (Å²) in [5.74, 6) is 0.515. The largest absolute Gasteiger partial charge is 0.363 e. The molecule has 0 aliphatic rings. The van der Waals surface area contributed by atoms with Crippen molar-refractivity contribution in [1.29, 1.82) is 0 Å². The first kappa shape index (κ1) is 13.5. The van der Waals surface area contributed by atoms with Crippen LogP contribution in [0.1, 0.15) is 10.5 Å². The molecule has 1 amide bonds. The molecule has 6 nitrogen and oxygen atoms in total. The monoisotopic (exact) mass is 323 g/mol. The lowest BCUT2D eigenvalue weighted by molar-refractivity contribution is 0.102. The second-order valence-corrected chi connectivity index (χ2v) is 5.10. The molecule has 0 bridgehead atoms. The highest BCUT2D eigenvalue weighted by Gasteiger charge is 2.14. The first-order valence-corrected chi connectivity index (χ1v) is 6.40. The quantitative estimate of drug-likeness (QED) is 0.937. The Labute approximate surface area is 119 Å². The third-order valence-electron chi connectivity index (χ3n) is 2.46. The highest BCUT2D eigenvalue weighted by molar-refractivity contribution is 9.10. The normalized spacial score (nSPS) is 10.3. The number of carbonyl (C=O) groups excluding carboxylic acids is 1. The minimum absolute atomic E-state index is 0.261. The zero-order valence-electron chi connectivity index (χ0n) is 10.9. The Kier molecular flexibility index (Phi) is 3.84. The fourth-order valence-electron chi connectivity index (χ4n) is 1.54. The van der Waals surface area contributed by atoms with Crippen LogP contribution >= 0.6 is 15.9 Å². The molecule has 0 spiro atoms. The van der Waals surface area contributed by atoms with Crippen LogP contribution in [0.3, 0.4) is 0 Å². The molecule has 19 heavy (non-hydrogen) atoms. The van der Waals surface area contributed by atoms with Gasteiger partial charge >= 0.3 is 0 Å². The van der Waals surface area contributed by atoms with E-state index >= 15 is 0 Å². The Balaban J connectivity index is 2.19. The number of amides is 1. The predicted octanol–water partition coefficient (Wildman–Crippen LogP) is 1.90. The second kappa shape index (κ2) is 5.40. The van der Waals surface area contributed by atoms with Crippen LogP contribution in [0.15, 0.2) is 29.0 Å². The van der Waals surface area contributed by atoms with E-state index in [-0.39, 0.29) is 5.91 Å². The van der Waals surface area contributed by atoms with Gasteiger partial charge in [0.2, 0.25) is 0 Å². The van der Waals surface area contributed by atoms with Gasteiger partial charge in [-0.25, -0.2) is 4.98 Å². The number of aromatic nitrogens is 3. The summed E-state index contributed by atoms with van der Waals surface area (Å²) in [6.45, 7) is 0. The Bertz CT molecular complexity index is 608. The van der Waals surface area contributed by atoms with Crippen molar-refractivity contribution in [2.45, 2.75) is 0 Å². The van der Waals surface area contributed by atoms with E-state index in [1.165, 1.54) is 0 Å². The number of hydrogen-bond acceptors (Lipinski definition) is 4. The molecular formula is C12H14BrN5O. The van der Waals surface area contributed by atoms with Crippen molar-refractivity contribution < 1.29 is 4.79 Å². The van der Waals surface area contributed by atoms with Crippen LogP contribution in [0.4, 0.5) is 11.5 Å². The maximum absolute atomic E-state index is 12.1. The average Bonchev–Trinajstić information content (AvgIpc) is 2.69.